The minimum absolute atomic E-state index is 0.0325. The monoisotopic (exact) mass is 567 g/mol. The maximum atomic E-state index is 14.7. The number of rotatable bonds is 14. The molecule has 2 amide bonds. The van der Waals surface area contributed by atoms with Crippen molar-refractivity contribution in [3.05, 3.63) is 49.6 Å². The summed E-state index contributed by atoms with van der Waals surface area (Å²) in [4.78, 5) is 47.6. The maximum absolute atomic E-state index is 14.7. The Balaban J connectivity index is 1.79. The van der Waals surface area contributed by atoms with Crippen molar-refractivity contribution in [2.45, 2.75) is 70.7 Å². The smallest absolute Gasteiger partial charge is 0.312 e. The highest BCUT2D eigenvalue weighted by molar-refractivity contribution is 6.05. The van der Waals surface area contributed by atoms with Gasteiger partial charge < -0.3 is 29.3 Å². The Morgan fingerprint density at radius 2 is 1.83 bits per heavy atom. The highest BCUT2D eigenvalue weighted by Gasteiger charge is 2.75. The summed E-state index contributed by atoms with van der Waals surface area (Å²) in [5, 5.41) is 10.5. The first-order valence-corrected chi connectivity index (χ1v) is 14.9. The van der Waals surface area contributed by atoms with Gasteiger partial charge in [0, 0.05) is 31.0 Å². The Morgan fingerprint density at radius 1 is 1.17 bits per heavy atom. The van der Waals surface area contributed by atoms with E-state index in [4.69, 9.17) is 9.47 Å². The van der Waals surface area contributed by atoms with Crippen LogP contribution in [0.2, 0.25) is 0 Å². The van der Waals surface area contributed by atoms with Gasteiger partial charge in [-0.25, -0.2) is 0 Å². The number of likely N-dealkylation sites (tertiary alicyclic amines) is 1. The van der Waals surface area contributed by atoms with E-state index in [1.165, 1.54) is 11.0 Å². The van der Waals surface area contributed by atoms with Gasteiger partial charge in [-0.3, -0.25) is 14.4 Å². The number of amides is 2. The van der Waals surface area contributed by atoms with Gasteiger partial charge >= 0.3 is 5.97 Å². The molecule has 224 valence electrons. The van der Waals surface area contributed by atoms with E-state index in [9.17, 15) is 19.5 Å². The molecule has 0 aromatic heterocycles. The fourth-order valence-corrected chi connectivity index (χ4v) is 7.08. The van der Waals surface area contributed by atoms with Crippen LogP contribution in [0.3, 0.4) is 0 Å². The zero-order chi connectivity index (χ0) is 29.9. The summed E-state index contributed by atoms with van der Waals surface area (Å²) >= 11 is 0. The summed E-state index contributed by atoms with van der Waals surface area (Å²) < 4.78 is 11.9. The molecule has 1 aromatic carbocycles. The van der Waals surface area contributed by atoms with Gasteiger partial charge in [-0.2, -0.15) is 0 Å². The number of hydrogen-bond donors (Lipinski definition) is 1. The normalized spacial score (nSPS) is 27.7. The molecule has 1 spiro atoms. The zero-order valence-electron chi connectivity index (χ0n) is 24.8. The Labute approximate surface area is 243 Å². The van der Waals surface area contributed by atoms with E-state index < -0.39 is 41.6 Å². The number of nitrogens with zero attached hydrogens (tertiary/aromatic N) is 3. The van der Waals surface area contributed by atoms with Crippen LogP contribution in [0.25, 0.3) is 0 Å². The van der Waals surface area contributed by atoms with Crippen LogP contribution >= 0.6 is 0 Å². The molecule has 1 aromatic rings. The number of ether oxygens (including phenoxy) is 2. The fourth-order valence-electron chi connectivity index (χ4n) is 7.08. The molecule has 0 saturated carbocycles. The second kappa shape index (κ2) is 12.8. The van der Waals surface area contributed by atoms with Gasteiger partial charge in [-0.1, -0.05) is 39.0 Å². The Kier molecular flexibility index (Phi) is 9.59. The Morgan fingerprint density at radius 3 is 2.39 bits per heavy atom. The van der Waals surface area contributed by atoms with E-state index in [1.807, 2.05) is 38.1 Å². The summed E-state index contributed by atoms with van der Waals surface area (Å²) in [6.07, 6.45) is 4.35. The zero-order valence-corrected chi connectivity index (χ0v) is 24.8. The van der Waals surface area contributed by atoms with Gasteiger partial charge in [0.2, 0.25) is 5.91 Å². The third-order valence-electron chi connectivity index (χ3n) is 9.30. The van der Waals surface area contributed by atoms with Gasteiger partial charge in [0.15, 0.2) is 0 Å². The van der Waals surface area contributed by atoms with Crippen LogP contribution in [0.15, 0.2) is 49.6 Å². The van der Waals surface area contributed by atoms with Crippen molar-refractivity contribution in [2.24, 2.45) is 17.8 Å². The van der Waals surface area contributed by atoms with Crippen LogP contribution in [-0.4, -0.2) is 84.4 Å². The molecule has 2 bridgehead atoms. The number of carbonyl (C=O) groups is 3. The largest absolute Gasteiger partial charge is 0.461 e. The Bertz CT molecular complexity index is 1130. The number of anilines is 2. The van der Waals surface area contributed by atoms with Crippen molar-refractivity contribution in [2.75, 3.05) is 42.6 Å². The second-order valence-corrected chi connectivity index (χ2v) is 11.3. The molecular weight excluding hydrogens is 522 g/mol. The van der Waals surface area contributed by atoms with Crippen LogP contribution in [0.1, 0.15) is 47.0 Å². The lowest BCUT2D eigenvalue weighted by atomic mass is 9.70. The molecule has 4 rings (SSSR count). The predicted molar refractivity (Wildman–Crippen MR) is 158 cm³/mol. The second-order valence-electron chi connectivity index (χ2n) is 11.3. The molecular formula is C32H45N3O6. The Hall–Kier alpha value is -3.17. The predicted octanol–water partition coefficient (Wildman–Crippen LogP) is 3.56. The third kappa shape index (κ3) is 5.18. The van der Waals surface area contributed by atoms with Crippen LogP contribution in [0, 0.1) is 17.8 Å². The minimum atomic E-state index is -1.18. The van der Waals surface area contributed by atoms with E-state index in [2.05, 4.69) is 31.9 Å². The third-order valence-corrected chi connectivity index (χ3v) is 9.30. The average Bonchev–Trinajstić information content (AvgIpc) is 3.63. The number of carbonyl (C=O) groups excluding carboxylic acids is 3. The van der Waals surface area contributed by atoms with Gasteiger partial charge in [-0.15, -0.1) is 6.58 Å². The van der Waals surface area contributed by atoms with Crippen molar-refractivity contribution in [3.63, 3.8) is 0 Å². The van der Waals surface area contributed by atoms with Crippen molar-refractivity contribution in [1.29, 1.82) is 0 Å². The summed E-state index contributed by atoms with van der Waals surface area (Å²) in [6.45, 7) is 17.3. The summed E-state index contributed by atoms with van der Waals surface area (Å²) in [6, 6.07) is 6.19. The van der Waals surface area contributed by atoms with E-state index in [1.54, 1.807) is 11.0 Å². The lowest BCUT2D eigenvalue weighted by molar-refractivity contribution is -0.155. The lowest BCUT2D eigenvalue weighted by Gasteiger charge is -2.41. The van der Waals surface area contributed by atoms with Crippen molar-refractivity contribution in [3.8, 4) is 0 Å². The highest BCUT2D eigenvalue weighted by atomic mass is 16.6. The molecule has 3 heterocycles. The average molecular weight is 568 g/mol. The fraction of sp³-hybridized carbons (Fsp3) is 0.594. The maximum Gasteiger partial charge on any atom is 0.312 e. The van der Waals surface area contributed by atoms with Gasteiger partial charge in [0.05, 0.1) is 30.6 Å². The first kappa shape index (κ1) is 30.8. The summed E-state index contributed by atoms with van der Waals surface area (Å²) in [7, 11) is 0. The molecule has 9 heteroatoms. The molecule has 1 N–H and O–H groups in total. The van der Waals surface area contributed by atoms with Crippen LogP contribution in [0.4, 0.5) is 11.4 Å². The van der Waals surface area contributed by atoms with Gasteiger partial charge in [-0.05, 0) is 56.9 Å². The van der Waals surface area contributed by atoms with Crippen LogP contribution in [0.5, 0.6) is 0 Å². The molecule has 2 unspecified atom stereocenters. The minimum Gasteiger partial charge on any atom is -0.461 e. The molecule has 3 aliphatic heterocycles. The highest BCUT2D eigenvalue weighted by Crippen LogP contribution is 2.59. The number of benzene rings is 1. The molecule has 0 aliphatic carbocycles. The number of aliphatic hydroxyl groups is 1. The standard InChI is InChI=1S/C32H45N3O6/c1-7-18-34(23-14-12-22(13-15-23)33(10-4)11-5)30(38)28-32-17-16-25(41-32)26(31(39)40-19-8-2)27(32)29(37)35(28)24(20-36)21(6)9-3/h7-8,12-15,21,24-28,36H,1-2,9-11,16-20H2,3-6H3/t21-,24-,25-,26+,27-,28?,32?/m0/s1. The van der Waals surface area contributed by atoms with Crippen LogP contribution in [-0.2, 0) is 23.9 Å². The number of aliphatic hydroxyl groups excluding tert-OH is 1. The first-order valence-electron chi connectivity index (χ1n) is 14.9. The van der Waals surface area contributed by atoms with Crippen molar-refractivity contribution in [1.82, 2.24) is 4.90 Å². The van der Waals surface area contributed by atoms with E-state index in [0.29, 0.717) is 24.9 Å². The van der Waals surface area contributed by atoms with E-state index >= 15 is 0 Å². The van der Waals surface area contributed by atoms with Gasteiger partial charge in [0.25, 0.3) is 5.91 Å². The van der Waals surface area contributed by atoms with Crippen LogP contribution < -0.4 is 9.80 Å². The lowest BCUT2D eigenvalue weighted by Crippen LogP contribution is -2.60. The summed E-state index contributed by atoms with van der Waals surface area (Å²) in [5.74, 6) is -2.91. The number of esters is 1. The molecule has 3 aliphatic rings. The van der Waals surface area contributed by atoms with Crippen molar-refractivity contribution >= 4 is 29.2 Å². The molecule has 3 saturated heterocycles. The molecule has 9 nitrogen and oxygen atoms in total. The first-order chi connectivity index (χ1) is 19.7. The molecule has 7 atom stereocenters. The SMILES string of the molecule is C=CCOC(=O)[C@@H]1[C@@H]2CCC3(O2)C(C(=O)N(CC=C)c2ccc(N(CC)CC)cc2)N([C@@H](CO)[C@@H](C)CC)C(=O)[C@H]13. The topological polar surface area (TPSA) is 99.6 Å². The number of fused-ring (bicyclic) bond motifs is 1. The molecule has 3 fully saturated rings. The molecule has 0 radical (unpaired) electrons. The van der Waals surface area contributed by atoms with Crippen molar-refractivity contribution < 1.29 is 29.0 Å². The van der Waals surface area contributed by atoms with E-state index in [-0.39, 0.29) is 37.5 Å². The molecule has 41 heavy (non-hydrogen) atoms. The van der Waals surface area contributed by atoms with Gasteiger partial charge in [0.1, 0.15) is 18.2 Å². The van der Waals surface area contributed by atoms with E-state index in [0.717, 1.165) is 18.8 Å². The number of hydrogen-bond acceptors (Lipinski definition) is 7. The summed E-state index contributed by atoms with van der Waals surface area (Å²) in [5.41, 5.74) is 0.548. The quantitative estimate of drug-likeness (QED) is 0.271.